The van der Waals surface area contributed by atoms with Crippen LogP contribution in [0.5, 0.6) is 0 Å². The first-order valence-corrected chi connectivity index (χ1v) is 6.26. The Kier molecular flexibility index (Phi) is 2.73. The molecule has 1 aromatic carbocycles. The standard InChI is InChI=1S/C15H23N/c1-11(2)13-10-12-8-6-7-9-14(12)16(5)15(13,3)4/h6-9,11,13H,10H2,1-5H3. The molecule has 88 valence electrons. The zero-order valence-electron chi connectivity index (χ0n) is 11.1. The molecule has 0 aromatic heterocycles. The maximum Gasteiger partial charge on any atom is 0.0400 e. The summed E-state index contributed by atoms with van der Waals surface area (Å²) in [4.78, 5) is 2.45. The van der Waals surface area contributed by atoms with E-state index in [1.165, 1.54) is 17.7 Å². The highest BCUT2D eigenvalue weighted by Crippen LogP contribution is 2.42. The van der Waals surface area contributed by atoms with Gasteiger partial charge in [-0.25, -0.2) is 0 Å². The van der Waals surface area contributed by atoms with Crippen molar-refractivity contribution >= 4 is 5.69 Å². The molecule has 0 saturated carbocycles. The topological polar surface area (TPSA) is 3.24 Å². The third kappa shape index (κ3) is 1.63. The Morgan fingerprint density at radius 2 is 1.88 bits per heavy atom. The van der Waals surface area contributed by atoms with E-state index in [-0.39, 0.29) is 5.54 Å². The molecule has 0 amide bonds. The Bertz CT molecular complexity index is 379. The molecule has 2 rings (SSSR count). The molecule has 1 heterocycles. The second kappa shape index (κ2) is 3.80. The summed E-state index contributed by atoms with van der Waals surface area (Å²) in [7, 11) is 2.23. The minimum atomic E-state index is 0.252. The van der Waals surface area contributed by atoms with Crippen molar-refractivity contribution in [3.05, 3.63) is 29.8 Å². The smallest absolute Gasteiger partial charge is 0.0400 e. The predicted molar refractivity (Wildman–Crippen MR) is 71.0 cm³/mol. The largest absolute Gasteiger partial charge is 0.369 e. The SMILES string of the molecule is CC(C)C1Cc2ccccc2N(C)C1(C)C. The van der Waals surface area contributed by atoms with Crippen LogP contribution in [0, 0.1) is 11.8 Å². The lowest BCUT2D eigenvalue weighted by atomic mass is 9.72. The van der Waals surface area contributed by atoms with Gasteiger partial charge in [0.05, 0.1) is 0 Å². The summed E-state index contributed by atoms with van der Waals surface area (Å²) in [5.41, 5.74) is 3.16. The van der Waals surface area contributed by atoms with Crippen LogP contribution in [0.2, 0.25) is 0 Å². The predicted octanol–water partition coefficient (Wildman–Crippen LogP) is 3.73. The van der Waals surface area contributed by atoms with Crippen molar-refractivity contribution in [1.29, 1.82) is 0 Å². The van der Waals surface area contributed by atoms with E-state index in [1.807, 2.05) is 0 Å². The highest BCUT2D eigenvalue weighted by molar-refractivity contribution is 5.57. The Morgan fingerprint density at radius 1 is 1.25 bits per heavy atom. The van der Waals surface area contributed by atoms with Crippen molar-refractivity contribution in [1.82, 2.24) is 0 Å². The number of rotatable bonds is 1. The van der Waals surface area contributed by atoms with Gasteiger partial charge in [0.2, 0.25) is 0 Å². The summed E-state index contributed by atoms with van der Waals surface area (Å²) >= 11 is 0. The van der Waals surface area contributed by atoms with E-state index in [0.29, 0.717) is 0 Å². The van der Waals surface area contributed by atoms with Crippen LogP contribution in [0.3, 0.4) is 0 Å². The van der Waals surface area contributed by atoms with Crippen LogP contribution in [0.25, 0.3) is 0 Å². The first kappa shape index (κ1) is 11.5. The first-order chi connectivity index (χ1) is 7.44. The number of nitrogens with zero attached hydrogens (tertiary/aromatic N) is 1. The molecular formula is C15H23N. The van der Waals surface area contributed by atoms with Gasteiger partial charge in [-0.15, -0.1) is 0 Å². The van der Waals surface area contributed by atoms with E-state index in [9.17, 15) is 0 Å². The minimum Gasteiger partial charge on any atom is -0.369 e. The maximum atomic E-state index is 2.45. The quantitative estimate of drug-likeness (QED) is 0.693. The number of benzene rings is 1. The fraction of sp³-hybridized carbons (Fsp3) is 0.600. The molecule has 1 atom stereocenters. The van der Waals surface area contributed by atoms with Crippen molar-refractivity contribution in [2.45, 2.75) is 39.7 Å². The van der Waals surface area contributed by atoms with Crippen LogP contribution in [-0.4, -0.2) is 12.6 Å². The average molecular weight is 217 g/mol. The average Bonchev–Trinajstić information content (AvgIpc) is 2.23. The summed E-state index contributed by atoms with van der Waals surface area (Å²) in [6.45, 7) is 9.42. The van der Waals surface area contributed by atoms with Crippen LogP contribution >= 0.6 is 0 Å². The number of hydrogen-bond acceptors (Lipinski definition) is 1. The summed E-state index contributed by atoms with van der Waals surface area (Å²) < 4.78 is 0. The molecule has 0 fully saturated rings. The zero-order valence-corrected chi connectivity index (χ0v) is 11.1. The van der Waals surface area contributed by atoms with E-state index in [4.69, 9.17) is 0 Å². The fourth-order valence-corrected chi connectivity index (χ4v) is 3.11. The highest BCUT2D eigenvalue weighted by atomic mass is 15.2. The number of fused-ring (bicyclic) bond motifs is 1. The molecule has 1 nitrogen and oxygen atoms in total. The molecule has 1 aromatic rings. The Labute approximate surface area is 99.5 Å². The second-order valence-corrected chi connectivity index (χ2v) is 5.90. The van der Waals surface area contributed by atoms with Gasteiger partial charge in [-0.3, -0.25) is 0 Å². The summed E-state index contributed by atoms with van der Waals surface area (Å²) in [6.07, 6.45) is 1.21. The molecule has 0 bridgehead atoms. The molecule has 1 aliphatic rings. The van der Waals surface area contributed by atoms with Crippen molar-refractivity contribution < 1.29 is 0 Å². The van der Waals surface area contributed by atoms with E-state index < -0.39 is 0 Å². The third-order valence-corrected chi connectivity index (χ3v) is 4.37. The van der Waals surface area contributed by atoms with E-state index in [0.717, 1.165) is 11.8 Å². The minimum absolute atomic E-state index is 0.252. The van der Waals surface area contributed by atoms with Crippen LogP contribution < -0.4 is 4.90 Å². The lowest BCUT2D eigenvalue weighted by molar-refractivity contribution is 0.222. The Balaban J connectivity index is 2.46. The van der Waals surface area contributed by atoms with Gasteiger partial charge in [0, 0.05) is 18.3 Å². The molecular weight excluding hydrogens is 194 g/mol. The first-order valence-electron chi connectivity index (χ1n) is 6.26. The number of hydrogen-bond donors (Lipinski definition) is 0. The second-order valence-electron chi connectivity index (χ2n) is 5.90. The lowest BCUT2D eigenvalue weighted by Gasteiger charge is -2.50. The van der Waals surface area contributed by atoms with Gasteiger partial charge in [-0.2, -0.15) is 0 Å². The third-order valence-electron chi connectivity index (χ3n) is 4.37. The normalized spacial score (nSPS) is 23.4. The molecule has 0 N–H and O–H groups in total. The van der Waals surface area contributed by atoms with Gasteiger partial charge < -0.3 is 4.90 Å². The highest BCUT2D eigenvalue weighted by Gasteiger charge is 2.39. The molecule has 0 spiro atoms. The van der Waals surface area contributed by atoms with Crippen LogP contribution in [0.1, 0.15) is 33.3 Å². The number of anilines is 1. The monoisotopic (exact) mass is 217 g/mol. The molecule has 1 aliphatic heterocycles. The fourth-order valence-electron chi connectivity index (χ4n) is 3.11. The lowest BCUT2D eigenvalue weighted by Crippen LogP contribution is -2.53. The van der Waals surface area contributed by atoms with Gasteiger partial charge in [0.1, 0.15) is 0 Å². The van der Waals surface area contributed by atoms with Gasteiger partial charge in [0.15, 0.2) is 0 Å². The molecule has 1 heteroatoms. The van der Waals surface area contributed by atoms with E-state index in [1.54, 1.807) is 0 Å². The molecule has 0 radical (unpaired) electrons. The molecule has 1 unspecified atom stereocenters. The Hall–Kier alpha value is -0.980. The van der Waals surface area contributed by atoms with Gasteiger partial charge in [0.25, 0.3) is 0 Å². The molecule has 0 aliphatic carbocycles. The van der Waals surface area contributed by atoms with Gasteiger partial charge >= 0.3 is 0 Å². The van der Waals surface area contributed by atoms with Crippen LogP contribution in [0.4, 0.5) is 5.69 Å². The van der Waals surface area contributed by atoms with E-state index >= 15 is 0 Å². The number of para-hydroxylation sites is 1. The van der Waals surface area contributed by atoms with Gasteiger partial charge in [-0.1, -0.05) is 32.0 Å². The van der Waals surface area contributed by atoms with Crippen LogP contribution in [-0.2, 0) is 6.42 Å². The van der Waals surface area contributed by atoms with Gasteiger partial charge in [-0.05, 0) is 43.7 Å². The van der Waals surface area contributed by atoms with Crippen molar-refractivity contribution in [2.75, 3.05) is 11.9 Å². The molecule has 0 saturated heterocycles. The zero-order chi connectivity index (χ0) is 11.9. The Morgan fingerprint density at radius 3 is 2.50 bits per heavy atom. The van der Waals surface area contributed by atoms with Crippen LogP contribution in [0.15, 0.2) is 24.3 Å². The van der Waals surface area contributed by atoms with Crippen molar-refractivity contribution in [3.63, 3.8) is 0 Å². The maximum absolute atomic E-state index is 2.45. The summed E-state index contributed by atoms with van der Waals surface area (Å²) in [6, 6.07) is 8.81. The van der Waals surface area contributed by atoms with Crippen molar-refractivity contribution in [3.8, 4) is 0 Å². The van der Waals surface area contributed by atoms with Crippen molar-refractivity contribution in [2.24, 2.45) is 11.8 Å². The molecule has 16 heavy (non-hydrogen) atoms. The summed E-state index contributed by atoms with van der Waals surface area (Å²) in [5, 5.41) is 0. The summed E-state index contributed by atoms with van der Waals surface area (Å²) in [5.74, 6) is 1.46. The van der Waals surface area contributed by atoms with E-state index in [2.05, 4.69) is 63.9 Å².